The van der Waals surface area contributed by atoms with Crippen molar-refractivity contribution in [3.8, 4) is 11.5 Å². The van der Waals surface area contributed by atoms with Gasteiger partial charge in [-0.25, -0.2) is 4.79 Å². The van der Waals surface area contributed by atoms with Crippen LogP contribution < -0.4 is 10.1 Å². The lowest BCUT2D eigenvalue weighted by atomic mass is 9.87. The molecule has 138 valence electrons. The molecule has 1 aliphatic rings. The maximum Gasteiger partial charge on any atom is 0.321 e. The molecule has 0 radical (unpaired) electrons. The summed E-state index contributed by atoms with van der Waals surface area (Å²) in [5.74, 6) is 1.42. The minimum Gasteiger partial charge on any atom is -0.457 e. The molecule has 0 unspecified atom stereocenters. The Bertz CT molecular complexity index is 725. The van der Waals surface area contributed by atoms with Crippen molar-refractivity contribution in [3.05, 3.63) is 54.6 Å². The summed E-state index contributed by atoms with van der Waals surface area (Å²) in [7, 11) is 0. The van der Waals surface area contributed by atoms with E-state index in [-0.39, 0.29) is 6.03 Å². The number of carbonyl (C=O) groups excluding carboxylic acids is 1. The van der Waals surface area contributed by atoms with Crippen LogP contribution in [-0.2, 0) is 0 Å². The fraction of sp³-hybridized carbons (Fsp3) is 0.381. The Balaban J connectivity index is 1.57. The summed E-state index contributed by atoms with van der Waals surface area (Å²) in [4.78, 5) is 14.3. The van der Waals surface area contributed by atoms with Gasteiger partial charge in [0.1, 0.15) is 11.5 Å². The minimum absolute atomic E-state index is 0.139. The predicted octanol–water partition coefficient (Wildman–Crippen LogP) is 4.64. The highest BCUT2D eigenvalue weighted by Crippen LogP contribution is 2.28. The second-order valence-electron chi connectivity index (χ2n) is 6.83. The number of piperidine rings is 1. The summed E-state index contributed by atoms with van der Waals surface area (Å²) in [6.07, 6.45) is 3.01. The van der Waals surface area contributed by atoms with Crippen molar-refractivity contribution < 1.29 is 14.6 Å². The largest absolute Gasteiger partial charge is 0.457 e. The normalized spacial score (nSPS) is 16.2. The predicted molar refractivity (Wildman–Crippen MR) is 103 cm³/mol. The van der Waals surface area contributed by atoms with Crippen molar-refractivity contribution in [3.63, 3.8) is 0 Å². The molecule has 1 heterocycles. The summed E-state index contributed by atoms with van der Waals surface area (Å²) in [6, 6.07) is 16.7. The molecule has 0 spiro atoms. The van der Waals surface area contributed by atoms with E-state index in [1.54, 1.807) is 4.90 Å². The minimum atomic E-state index is -0.616. The first-order valence-corrected chi connectivity index (χ1v) is 9.19. The number of urea groups is 1. The molecule has 0 saturated carbocycles. The number of hydrogen-bond donors (Lipinski definition) is 2. The average Bonchev–Trinajstić information content (AvgIpc) is 2.63. The van der Waals surface area contributed by atoms with Crippen molar-refractivity contribution in [2.45, 2.75) is 38.2 Å². The van der Waals surface area contributed by atoms with Crippen LogP contribution in [0.4, 0.5) is 10.5 Å². The molecule has 2 aromatic carbocycles. The van der Waals surface area contributed by atoms with Gasteiger partial charge >= 0.3 is 6.03 Å². The molecule has 2 N–H and O–H groups in total. The zero-order valence-electron chi connectivity index (χ0n) is 15.1. The van der Waals surface area contributed by atoms with Gasteiger partial charge < -0.3 is 20.1 Å². The zero-order chi connectivity index (χ0) is 18.4. The van der Waals surface area contributed by atoms with Gasteiger partial charge in [-0.2, -0.15) is 0 Å². The number of likely N-dealkylation sites (tertiary alicyclic amines) is 1. The fourth-order valence-corrected chi connectivity index (χ4v) is 3.31. The van der Waals surface area contributed by atoms with Crippen LogP contribution >= 0.6 is 0 Å². The molecule has 3 rings (SSSR count). The number of aliphatic hydroxyl groups is 1. The van der Waals surface area contributed by atoms with Crippen molar-refractivity contribution >= 4 is 11.7 Å². The SMILES string of the molecule is CCCC1(O)CCN(C(=O)Nc2cccc(Oc3ccccc3)c2)CC1. The van der Waals surface area contributed by atoms with E-state index in [2.05, 4.69) is 12.2 Å². The number of benzene rings is 2. The molecule has 0 bridgehead atoms. The number of anilines is 1. The Morgan fingerprint density at radius 2 is 1.81 bits per heavy atom. The highest BCUT2D eigenvalue weighted by atomic mass is 16.5. The number of ether oxygens (including phenoxy) is 1. The van der Waals surface area contributed by atoms with Crippen LogP contribution in [-0.4, -0.2) is 34.7 Å². The molecule has 0 aliphatic carbocycles. The van der Waals surface area contributed by atoms with Gasteiger partial charge in [0.25, 0.3) is 0 Å². The van der Waals surface area contributed by atoms with Gasteiger partial charge in [0, 0.05) is 24.8 Å². The van der Waals surface area contributed by atoms with Crippen molar-refractivity contribution in [2.75, 3.05) is 18.4 Å². The number of hydrogen-bond acceptors (Lipinski definition) is 3. The second kappa shape index (κ2) is 8.23. The lowest BCUT2D eigenvalue weighted by molar-refractivity contribution is -0.0183. The van der Waals surface area contributed by atoms with Crippen LogP contribution in [0.25, 0.3) is 0 Å². The van der Waals surface area contributed by atoms with Crippen LogP contribution in [0.3, 0.4) is 0 Å². The number of carbonyl (C=O) groups is 1. The molecule has 0 atom stereocenters. The molecule has 1 saturated heterocycles. The Kier molecular flexibility index (Phi) is 5.78. The van der Waals surface area contributed by atoms with Crippen LogP contribution in [0.2, 0.25) is 0 Å². The standard InChI is InChI=1S/C21H26N2O3/c1-2-11-21(25)12-14-23(15-13-21)20(24)22-17-7-6-10-19(16-17)26-18-8-4-3-5-9-18/h3-10,16,25H,2,11-15H2,1H3,(H,22,24). The molecule has 1 aliphatic heterocycles. The van der Waals surface area contributed by atoms with Gasteiger partial charge in [-0.05, 0) is 43.5 Å². The smallest absolute Gasteiger partial charge is 0.321 e. The molecule has 5 nitrogen and oxygen atoms in total. The van der Waals surface area contributed by atoms with Gasteiger partial charge in [0.15, 0.2) is 0 Å². The maximum absolute atomic E-state index is 12.5. The molecular weight excluding hydrogens is 328 g/mol. The van der Waals surface area contributed by atoms with E-state index < -0.39 is 5.60 Å². The van der Waals surface area contributed by atoms with Crippen LogP contribution in [0.15, 0.2) is 54.6 Å². The second-order valence-corrected chi connectivity index (χ2v) is 6.83. The van der Waals surface area contributed by atoms with Crippen molar-refractivity contribution in [1.82, 2.24) is 4.90 Å². The molecule has 2 amide bonds. The van der Waals surface area contributed by atoms with Gasteiger partial charge in [-0.1, -0.05) is 37.6 Å². The summed E-state index contributed by atoms with van der Waals surface area (Å²) in [6.45, 7) is 3.21. The van der Waals surface area contributed by atoms with Gasteiger partial charge in [-0.3, -0.25) is 0 Å². The fourth-order valence-electron chi connectivity index (χ4n) is 3.31. The van der Waals surface area contributed by atoms with Crippen LogP contribution in [0, 0.1) is 0 Å². The Morgan fingerprint density at radius 1 is 1.12 bits per heavy atom. The molecule has 0 aromatic heterocycles. The quantitative estimate of drug-likeness (QED) is 0.822. The first-order valence-electron chi connectivity index (χ1n) is 9.19. The first-order chi connectivity index (χ1) is 12.6. The zero-order valence-corrected chi connectivity index (χ0v) is 15.1. The van der Waals surface area contributed by atoms with Crippen molar-refractivity contribution in [2.24, 2.45) is 0 Å². The monoisotopic (exact) mass is 354 g/mol. The topological polar surface area (TPSA) is 61.8 Å². The maximum atomic E-state index is 12.5. The number of para-hydroxylation sites is 1. The van der Waals surface area contributed by atoms with Crippen LogP contribution in [0.5, 0.6) is 11.5 Å². The molecule has 2 aromatic rings. The highest BCUT2D eigenvalue weighted by molar-refractivity contribution is 5.89. The average molecular weight is 354 g/mol. The van der Waals surface area contributed by atoms with Gasteiger partial charge in [0.2, 0.25) is 0 Å². The van der Waals surface area contributed by atoms with Gasteiger partial charge in [-0.15, -0.1) is 0 Å². The summed E-state index contributed by atoms with van der Waals surface area (Å²) in [5.41, 5.74) is 0.0763. The third-order valence-corrected chi connectivity index (χ3v) is 4.76. The number of amides is 2. The molecule has 26 heavy (non-hydrogen) atoms. The number of rotatable bonds is 5. The summed E-state index contributed by atoms with van der Waals surface area (Å²) in [5, 5.41) is 13.4. The van der Waals surface area contributed by atoms with E-state index in [1.165, 1.54) is 0 Å². The van der Waals surface area contributed by atoms with E-state index in [9.17, 15) is 9.90 Å². The third-order valence-electron chi connectivity index (χ3n) is 4.76. The van der Waals surface area contributed by atoms with E-state index in [0.29, 0.717) is 37.4 Å². The summed E-state index contributed by atoms with van der Waals surface area (Å²) >= 11 is 0. The molecule has 1 fully saturated rings. The molecular formula is C21H26N2O3. The lowest BCUT2D eigenvalue weighted by Crippen LogP contribution is -2.47. The lowest BCUT2D eigenvalue weighted by Gasteiger charge is -2.38. The Labute approximate surface area is 154 Å². The Hall–Kier alpha value is -2.53. The Morgan fingerprint density at radius 3 is 2.50 bits per heavy atom. The third kappa shape index (κ3) is 4.76. The molecule has 5 heteroatoms. The van der Waals surface area contributed by atoms with E-state index in [1.807, 2.05) is 54.6 Å². The number of nitrogens with zero attached hydrogens (tertiary/aromatic N) is 1. The van der Waals surface area contributed by atoms with E-state index in [0.717, 1.165) is 18.6 Å². The number of nitrogens with one attached hydrogen (secondary N) is 1. The van der Waals surface area contributed by atoms with Gasteiger partial charge in [0.05, 0.1) is 5.60 Å². The summed E-state index contributed by atoms with van der Waals surface area (Å²) < 4.78 is 5.80. The van der Waals surface area contributed by atoms with Crippen LogP contribution in [0.1, 0.15) is 32.6 Å². The highest BCUT2D eigenvalue weighted by Gasteiger charge is 2.32. The van der Waals surface area contributed by atoms with E-state index >= 15 is 0 Å². The van der Waals surface area contributed by atoms with E-state index in [4.69, 9.17) is 4.74 Å². The van der Waals surface area contributed by atoms with Crippen molar-refractivity contribution in [1.29, 1.82) is 0 Å². The first kappa shape index (κ1) is 18.3.